The lowest BCUT2D eigenvalue weighted by molar-refractivity contribution is -0.136. The molecule has 1 aliphatic heterocycles. The zero-order chi connectivity index (χ0) is 19.3. The molecule has 1 atom stereocenters. The molecule has 26 heavy (non-hydrogen) atoms. The number of rotatable bonds is 7. The Morgan fingerprint density at radius 1 is 1.35 bits per heavy atom. The van der Waals surface area contributed by atoms with Gasteiger partial charge in [-0.3, -0.25) is 0 Å². The van der Waals surface area contributed by atoms with E-state index >= 15 is 0 Å². The maximum atomic E-state index is 12.3. The van der Waals surface area contributed by atoms with Crippen LogP contribution in [-0.4, -0.2) is 31.9 Å². The van der Waals surface area contributed by atoms with Gasteiger partial charge in [-0.05, 0) is 59.2 Å². The number of methoxy groups -OCH3 is 2. The standard InChI is InChI=1S/C18H23BrN2O4S/c1-5-6-7-25-16-12(19)8-11(9-13(16)23-3)15-14(17(22)24-4)10(2)20-18(26)21-15/h8-9,15H,5-7H2,1-4H3,(H2,20,21,26)/t15-/m0/s1. The molecule has 8 heteroatoms. The molecule has 0 radical (unpaired) electrons. The van der Waals surface area contributed by atoms with Gasteiger partial charge in [-0.25, -0.2) is 4.79 Å². The Morgan fingerprint density at radius 3 is 2.69 bits per heavy atom. The molecule has 1 aromatic carbocycles. The Bertz CT molecular complexity index is 736. The molecule has 2 rings (SSSR count). The molecule has 1 aromatic rings. The number of carbonyl (C=O) groups is 1. The van der Waals surface area contributed by atoms with Gasteiger partial charge in [-0.2, -0.15) is 0 Å². The first-order valence-corrected chi connectivity index (χ1v) is 9.49. The fourth-order valence-electron chi connectivity index (χ4n) is 2.69. The number of benzene rings is 1. The minimum absolute atomic E-state index is 0.423. The van der Waals surface area contributed by atoms with Crippen LogP contribution in [0.3, 0.4) is 0 Å². The number of unbranched alkanes of at least 4 members (excludes halogenated alkanes) is 1. The van der Waals surface area contributed by atoms with Crippen molar-refractivity contribution in [3.8, 4) is 11.5 Å². The van der Waals surface area contributed by atoms with Gasteiger partial charge >= 0.3 is 5.97 Å². The van der Waals surface area contributed by atoms with Crippen LogP contribution >= 0.6 is 28.1 Å². The average Bonchev–Trinajstić information content (AvgIpc) is 2.61. The summed E-state index contributed by atoms with van der Waals surface area (Å²) in [4.78, 5) is 12.3. The van der Waals surface area contributed by atoms with Gasteiger partial charge < -0.3 is 24.8 Å². The predicted octanol–water partition coefficient (Wildman–Crippen LogP) is 3.60. The average molecular weight is 443 g/mol. The van der Waals surface area contributed by atoms with Gasteiger partial charge in [-0.15, -0.1) is 0 Å². The molecule has 0 spiro atoms. The second-order valence-electron chi connectivity index (χ2n) is 5.80. The SMILES string of the molecule is CCCCOc1c(Br)cc([C@@H]2NC(=S)NC(C)=C2C(=O)OC)cc1OC. The van der Waals surface area contributed by atoms with E-state index in [1.807, 2.05) is 12.1 Å². The van der Waals surface area contributed by atoms with Crippen molar-refractivity contribution in [2.45, 2.75) is 32.7 Å². The van der Waals surface area contributed by atoms with E-state index < -0.39 is 12.0 Å². The Balaban J connectivity index is 2.46. The van der Waals surface area contributed by atoms with Crippen molar-refractivity contribution in [1.82, 2.24) is 10.6 Å². The van der Waals surface area contributed by atoms with Crippen LogP contribution < -0.4 is 20.1 Å². The van der Waals surface area contributed by atoms with Crippen LogP contribution in [0.25, 0.3) is 0 Å². The van der Waals surface area contributed by atoms with Crippen LogP contribution in [0, 0.1) is 0 Å². The zero-order valence-corrected chi connectivity index (χ0v) is 17.7. The maximum absolute atomic E-state index is 12.3. The molecule has 0 saturated heterocycles. The van der Waals surface area contributed by atoms with Crippen molar-refractivity contribution in [1.29, 1.82) is 0 Å². The van der Waals surface area contributed by atoms with Gasteiger partial charge in [0.25, 0.3) is 0 Å². The summed E-state index contributed by atoms with van der Waals surface area (Å²) < 4.78 is 17.0. The van der Waals surface area contributed by atoms with Crippen LogP contribution in [0.2, 0.25) is 0 Å². The molecule has 1 heterocycles. The van der Waals surface area contributed by atoms with Gasteiger partial charge in [0.05, 0.1) is 36.9 Å². The molecule has 6 nitrogen and oxygen atoms in total. The van der Waals surface area contributed by atoms with Crippen molar-refractivity contribution >= 4 is 39.2 Å². The molecule has 1 aliphatic rings. The minimum atomic E-state index is -0.453. The Morgan fingerprint density at radius 2 is 2.08 bits per heavy atom. The number of thiocarbonyl (C=S) groups is 1. The second-order valence-corrected chi connectivity index (χ2v) is 7.06. The number of halogens is 1. The Kier molecular flexibility index (Phi) is 7.28. The van der Waals surface area contributed by atoms with Gasteiger partial charge in [0, 0.05) is 5.70 Å². The molecule has 0 aromatic heterocycles. The van der Waals surface area contributed by atoms with E-state index in [-0.39, 0.29) is 0 Å². The first-order valence-electron chi connectivity index (χ1n) is 8.29. The number of ether oxygens (including phenoxy) is 3. The summed E-state index contributed by atoms with van der Waals surface area (Å²) >= 11 is 8.80. The highest BCUT2D eigenvalue weighted by Gasteiger charge is 2.31. The number of esters is 1. The Labute approximate surface area is 167 Å². The first kappa shape index (κ1) is 20.5. The van der Waals surface area contributed by atoms with E-state index in [9.17, 15) is 4.79 Å². The summed E-state index contributed by atoms with van der Waals surface area (Å²) in [6.45, 7) is 4.50. The van der Waals surface area contributed by atoms with Crippen LogP contribution in [0.4, 0.5) is 0 Å². The third-order valence-electron chi connectivity index (χ3n) is 4.00. The smallest absolute Gasteiger partial charge is 0.337 e. The summed E-state index contributed by atoms with van der Waals surface area (Å²) in [6, 6.07) is 3.28. The van der Waals surface area contributed by atoms with Crippen molar-refractivity contribution in [3.63, 3.8) is 0 Å². The van der Waals surface area contributed by atoms with Gasteiger partial charge in [0.2, 0.25) is 0 Å². The molecule has 0 amide bonds. The molecule has 0 unspecified atom stereocenters. The molecule has 0 saturated carbocycles. The Hall–Kier alpha value is -1.80. The highest BCUT2D eigenvalue weighted by molar-refractivity contribution is 9.10. The predicted molar refractivity (Wildman–Crippen MR) is 107 cm³/mol. The first-order chi connectivity index (χ1) is 12.4. The van der Waals surface area contributed by atoms with Gasteiger partial charge in [0.15, 0.2) is 16.6 Å². The zero-order valence-electron chi connectivity index (χ0n) is 15.3. The van der Waals surface area contributed by atoms with E-state index in [0.717, 1.165) is 22.9 Å². The topological polar surface area (TPSA) is 68.8 Å². The van der Waals surface area contributed by atoms with Crippen molar-refractivity contribution in [3.05, 3.63) is 33.4 Å². The van der Waals surface area contributed by atoms with Gasteiger partial charge in [-0.1, -0.05) is 13.3 Å². The van der Waals surface area contributed by atoms with Gasteiger partial charge in [0.1, 0.15) is 0 Å². The molecule has 0 aliphatic carbocycles. The summed E-state index contributed by atoms with van der Waals surface area (Å²) in [5.41, 5.74) is 1.93. The third-order valence-corrected chi connectivity index (χ3v) is 4.81. The quantitative estimate of drug-likeness (QED) is 0.379. The lowest BCUT2D eigenvalue weighted by Crippen LogP contribution is -2.45. The number of allylic oxidation sites excluding steroid dienone is 1. The fraction of sp³-hybridized carbons (Fsp3) is 0.444. The minimum Gasteiger partial charge on any atom is -0.493 e. The summed E-state index contributed by atoms with van der Waals surface area (Å²) in [6.07, 6.45) is 2.00. The van der Waals surface area contributed by atoms with E-state index in [0.29, 0.717) is 34.5 Å². The number of hydrogen-bond acceptors (Lipinski definition) is 5. The largest absolute Gasteiger partial charge is 0.493 e. The number of nitrogens with one attached hydrogen (secondary N) is 2. The molecule has 0 fully saturated rings. The van der Waals surface area contributed by atoms with Crippen LogP contribution in [-0.2, 0) is 9.53 Å². The van der Waals surface area contributed by atoms with Crippen LogP contribution in [0.1, 0.15) is 38.3 Å². The van der Waals surface area contributed by atoms with Crippen molar-refractivity contribution in [2.24, 2.45) is 0 Å². The van der Waals surface area contributed by atoms with Crippen LogP contribution in [0.5, 0.6) is 11.5 Å². The van der Waals surface area contributed by atoms with E-state index in [4.69, 9.17) is 26.4 Å². The molecular weight excluding hydrogens is 420 g/mol. The second kappa shape index (κ2) is 9.23. The van der Waals surface area contributed by atoms with E-state index in [2.05, 4.69) is 33.5 Å². The van der Waals surface area contributed by atoms with Crippen LogP contribution in [0.15, 0.2) is 27.9 Å². The summed E-state index contributed by atoms with van der Waals surface area (Å²) in [5, 5.41) is 6.53. The maximum Gasteiger partial charge on any atom is 0.337 e. The lowest BCUT2D eigenvalue weighted by atomic mass is 9.95. The molecular formula is C18H23BrN2O4S. The lowest BCUT2D eigenvalue weighted by Gasteiger charge is -2.30. The molecule has 2 N–H and O–H groups in total. The molecule has 0 bridgehead atoms. The van der Waals surface area contributed by atoms with E-state index in [1.165, 1.54) is 7.11 Å². The monoisotopic (exact) mass is 442 g/mol. The fourth-order valence-corrected chi connectivity index (χ4v) is 3.53. The normalized spacial score (nSPS) is 16.7. The van der Waals surface area contributed by atoms with Crippen molar-refractivity contribution in [2.75, 3.05) is 20.8 Å². The van der Waals surface area contributed by atoms with Crippen molar-refractivity contribution < 1.29 is 19.0 Å². The number of hydrogen-bond donors (Lipinski definition) is 2. The molecule has 142 valence electrons. The summed E-state index contributed by atoms with van der Waals surface area (Å²) in [5.74, 6) is 0.800. The highest BCUT2D eigenvalue weighted by atomic mass is 79.9. The third kappa shape index (κ3) is 4.48. The summed E-state index contributed by atoms with van der Waals surface area (Å²) in [7, 11) is 2.94. The highest BCUT2D eigenvalue weighted by Crippen LogP contribution is 2.40. The number of carbonyl (C=O) groups excluding carboxylic acids is 1. The van der Waals surface area contributed by atoms with E-state index in [1.54, 1.807) is 14.0 Å².